The molecule has 2 N–H and O–H groups in total. The summed E-state index contributed by atoms with van der Waals surface area (Å²) < 4.78 is 0. The number of benzene rings is 2. The first-order valence-electron chi connectivity index (χ1n) is 9.40. The molecule has 2 aromatic carbocycles. The molecular weight excluding hydrogens is 388 g/mol. The second-order valence-electron chi connectivity index (χ2n) is 6.89. The molecule has 5 heteroatoms. The highest BCUT2D eigenvalue weighted by atomic mass is 35.5. The fourth-order valence-corrected chi connectivity index (χ4v) is 5.16. The maximum Gasteiger partial charge on any atom is 0.220 e. The fourth-order valence-electron chi connectivity index (χ4n) is 3.79. The molecule has 3 nitrogen and oxygen atoms in total. The minimum Gasteiger partial charge on any atom is -0.493 e. The third-order valence-corrected chi connectivity index (χ3v) is 6.60. The molecule has 1 aromatic heterocycles. The molecule has 0 atom stereocenters. The zero-order chi connectivity index (χ0) is 19.5. The molecule has 1 aliphatic carbocycles. The van der Waals surface area contributed by atoms with E-state index < -0.39 is 0 Å². The van der Waals surface area contributed by atoms with Gasteiger partial charge < -0.3 is 10.5 Å². The second-order valence-corrected chi connectivity index (χ2v) is 8.26. The van der Waals surface area contributed by atoms with Crippen molar-refractivity contribution in [3.05, 3.63) is 75.8 Å². The quantitative estimate of drug-likeness (QED) is 0.386. The molecule has 0 aliphatic heterocycles. The van der Waals surface area contributed by atoms with Gasteiger partial charge in [-0.1, -0.05) is 54.1 Å². The van der Waals surface area contributed by atoms with Crippen LogP contribution in [0.5, 0.6) is 5.88 Å². The summed E-state index contributed by atoms with van der Waals surface area (Å²) in [5, 5.41) is 20.2. The topological polar surface area (TPSA) is 57.0 Å². The van der Waals surface area contributed by atoms with E-state index in [1.54, 1.807) is 11.8 Å². The van der Waals surface area contributed by atoms with Gasteiger partial charge in [0.1, 0.15) is 5.03 Å². The van der Waals surface area contributed by atoms with Crippen molar-refractivity contribution < 1.29 is 5.11 Å². The zero-order valence-corrected chi connectivity index (χ0v) is 17.0. The first-order valence-corrected chi connectivity index (χ1v) is 10.8. The van der Waals surface area contributed by atoms with Crippen molar-refractivity contribution in [1.29, 1.82) is 5.41 Å². The van der Waals surface area contributed by atoms with Gasteiger partial charge in [0.2, 0.25) is 5.88 Å². The van der Waals surface area contributed by atoms with E-state index in [0.29, 0.717) is 0 Å². The van der Waals surface area contributed by atoms with Gasteiger partial charge in [-0.15, -0.1) is 11.8 Å². The summed E-state index contributed by atoms with van der Waals surface area (Å²) in [6.45, 7) is 0. The lowest BCUT2D eigenvalue weighted by molar-refractivity contribution is 0.447. The number of aromatic hydroxyl groups is 1. The second kappa shape index (κ2) is 8.38. The first-order chi connectivity index (χ1) is 13.7. The van der Waals surface area contributed by atoms with Crippen molar-refractivity contribution >= 4 is 29.6 Å². The Morgan fingerprint density at radius 1 is 1.04 bits per heavy atom. The molecule has 142 valence electrons. The summed E-state index contributed by atoms with van der Waals surface area (Å²) in [5.41, 5.74) is 5.94. The van der Waals surface area contributed by atoms with E-state index in [0.717, 1.165) is 63.7 Å². The monoisotopic (exact) mass is 408 g/mol. The number of thioether (sulfide) groups is 1. The summed E-state index contributed by atoms with van der Waals surface area (Å²) in [5.74, 6) is 0.770. The smallest absolute Gasteiger partial charge is 0.220 e. The van der Waals surface area contributed by atoms with Gasteiger partial charge in [-0.2, -0.15) is 0 Å². The van der Waals surface area contributed by atoms with Gasteiger partial charge >= 0.3 is 0 Å². The van der Waals surface area contributed by atoms with Gasteiger partial charge in [-0.3, -0.25) is 0 Å². The number of hydrogen-bond acceptors (Lipinski definition) is 4. The van der Waals surface area contributed by atoms with Crippen LogP contribution in [0.25, 0.3) is 11.1 Å². The predicted molar refractivity (Wildman–Crippen MR) is 117 cm³/mol. The van der Waals surface area contributed by atoms with E-state index in [1.807, 2.05) is 48.5 Å². The van der Waals surface area contributed by atoms with Crippen LogP contribution in [-0.4, -0.2) is 16.3 Å². The summed E-state index contributed by atoms with van der Waals surface area (Å²) >= 11 is 7.93. The number of hydrogen-bond donors (Lipinski definition) is 2. The SMILES string of the molecule is N=Cc1ccccc1-c1c(O)nc(SCc2ccccc2Cl)c2c1CCCC2. The molecule has 1 aliphatic rings. The number of pyridine rings is 1. The molecule has 0 saturated carbocycles. The summed E-state index contributed by atoms with van der Waals surface area (Å²) in [7, 11) is 0. The summed E-state index contributed by atoms with van der Waals surface area (Å²) in [6.07, 6.45) is 5.46. The lowest BCUT2D eigenvalue weighted by Gasteiger charge is -2.23. The van der Waals surface area contributed by atoms with Crippen LogP contribution in [0.3, 0.4) is 0 Å². The Morgan fingerprint density at radius 2 is 1.75 bits per heavy atom. The summed E-state index contributed by atoms with van der Waals surface area (Å²) in [6, 6.07) is 15.5. The molecule has 3 aromatic rings. The molecular formula is C23H21ClN2OS. The van der Waals surface area contributed by atoms with Crippen LogP contribution < -0.4 is 0 Å². The van der Waals surface area contributed by atoms with Crippen molar-refractivity contribution in [1.82, 2.24) is 4.98 Å². The molecule has 0 spiro atoms. The van der Waals surface area contributed by atoms with Gasteiger partial charge in [0.05, 0.1) is 0 Å². The van der Waals surface area contributed by atoms with Gasteiger partial charge in [0.25, 0.3) is 0 Å². The Bertz CT molecular complexity index is 1040. The van der Waals surface area contributed by atoms with Crippen LogP contribution in [-0.2, 0) is 18.6 Å². The Labute approximate surface area is 174 Å². The predicted octanol–water partition coefficient (Wildman–Crippen LogP) is 6.28. The summed E-state index contributed by atoms with van der Waals surface area (Å²) in [4.78, 5) is 4.58. The Balaban J connectivity index is 1.77. The van der Waals surface area contributed by atoms with Crippen LogP contribution in [0.15, 0.2) is 53.6 Å². The molecule has 0 bridgehead atoms. The Hall–Kier alpha value is -2.30. The molecule has 0 fully saturated rings. The fraction of sp³-hybridized carbons (Fsp3) is 0.217. The molecule has 28 heavy (non-hydrogen) atoms. The minimum absolute atomic E-state index is 0.0524. The van der Waals surface area contributed by atoms with E-state index in [4.69, 9.17) is 17.0 Å². The van der Waals surface area contributed by atoms with Crippen LogP contribution in [0, 0.1) is 5.41 Å². The minimum atomic E-state index is 0.0524. The van der Waals surface area contributed by atoms with Gasteiger partial charge in [0.15, 0.2) is 0 Å². The molecule has 0 unspecified atom stereocenters. The highest BCUT2D eigenvalue weighted by Gasteiger charge is 2.24. The zero-order valence-electron chi connectivity index (χ0n) is 15.4. The number of aromatic nitrogens is 1. The highest BCUT2D eigenvalue weighted by Crippen LogP contribution is 2.42. The largest absolute Gasteiger partial charge is 0.493 e. The number of nitrogens with one attached hydrogen (secondary N) is 1. The van der Waals surface area contributed by atoms with Gasteiger partial charge in [-0.25, -0.2) is 4.98 Å². The Morgan fingerprint density at radius 3 is 2.54 bits per heavy atom. The van der Waals surface area contributed by atoms with E-state index >= 15 is 0 Å². The average Bonchev–Trinajstić information content (AvgIpc) is 2.73. The van der Waals surface area contributed by atoms with E-state index in [2.05, 4.69) is 4.98 Å². The van der Waals surface area contributed by atoms with Crippen molar-refractivity contribution in [2.75, 3.05) is 0 Å². The number of halogens is 1. The first kappa shape index (κ1) is 19.0. The van der Waals surface area contributed by atoms with Crippen molar-refractivity contribution in [3.63, 3.8) is 0 Å². The standard InChI is InChI=1S/C23H21ClN2OS/c24-20-12-6-2-8-16(20)14-28-23-19-11-5-4-10-18(19)21(22(27)26-23)17-9-3-1-7-15(17)13-25/h1-3,6-9,12-13,25H,4-5,10-11,14H2,(H,26,27). The van der Waals surface area contributed by atoms with E-state index in [1.165, 1.54) is 17.3 Å². The number of fused-ring (bicyclic) bond motifs is 1. The molecule has 0 amide bonds. The lowest BCUT2D eigenvalue weighted by Crippen LogP contribution is -2.09. The van der Waals surface area contributed by atoms with Gasteiger partial charge in [0, 0.05) is 28.1 Å². The highest BCUT2D eigenvalue weighted by molar-refractivity contribution is 7.98. The average molecular weight is 409 g/mol. The molecule has 4 rings (SSSR count). The van der Waals surface area contributed by atoms with E-state index in [9.17, 15) is 5.11 Å². The molecule has 0 radical (unpaired) electrons. The third-order valence-electron chi connectivity index (χ3n) is 5.17. The van der Waals surface area contributed by atoms with E-state index in [-0.39, 0.29) is 5.88 Å². The van der Waals surface area contributed by atoms with Gasteiger partial charge in [-0.05, 0) is 54.0 Å². The molecule has 0 saturated heterocycles. The van der Waals surface area contributed by atoms with Crippen molar-refractivity contribution in [3.8, 4) is 17.0 Å². The van der Waals surface area contributed by atoms with Crippen LogP contribution in [0.2, 0.25) is 5.02 Å². The molecule has 1 heterocycles. The number of rotatable bonds is 5. The van der Waals surface area contributed by atoms with Crippen LogP contribution >= 0.6 is 23.4 Å². The third kappa shape index (κ3) is 3.67. The lowest BCUT2D eigenvalue weighted by atomic mass is 9.86. The Kier molecular flexibility index (Phi) is 5.69. The van der Waals surface area contributed by atoms with Crippen LogP contribution in [0.1, 0.15) is 35.1 Å². The van der Waals surface area contributed by atoms with Crippen molar-refractivity contribution in [2.24, 2.45) is 0 Å². The van der Waals surface area contributed by atoms with Crippen molar-refractivity contribution in [2.45, 2.75) is 36.5 Å². The number of nitrogens with zero attached hydrogens (tertiary/aromatic N) is 1. The normalized spacial score (nSPS) is 13.2. The van der Waals surface area contributed by atoms with Crippen LogP contribution in [0.4, 0.5) is 0 Å². The maximum atomic E-state index is 10.8. The maximum absolute atomic E-state index is 10.8.